The Morgan fingerprint density at radius 1 is 1.19 bits per heavy atom. The highest BCUT2D eigenvalue weighted by atomic mass is 14.9. The van der Waals surface area contributed by atoms with E-state index in [9.17, 15) is 0 Å². The molecule has 1 N–H and O–H groups in total. The first-order valence-electron chi connectivity index (χ1n) is 8.56. The Morgan fingerprint density at radius 2 is 2.05 bits per heavy atom. The fraction of sp³-hybridized carbons (Fsp3) is 0.526. The largest absolute Gasteiger partial charge is 0.384 e. The zero-order valence-electron chi connectivity index (χ0n) is 12.9. The number of hydrogen-bond donors (Lipinski definition) is 1. The maximum absolute atomic E-state index is 5.08. The van der Waals surface area contributed by atoms with Gasteiger partial charge in [0.15, 0.2) is 0 Å². The first kappa shape index (κ1) is 13.1. The van der Waals surface area contributed by atoms with Crippen LogP contribution in [0.15, 0.2) is 18.2 Å². The van der Waals surface area contributed by atoms with Crippen LogP contribution in [0.5, 0.6) is 0 Å². The number of aromatic nitrogens is 1. The standard InChI is InChI=1S/C19H24N2/c1-2-11-20-18-12-17(14-7-8-14)21-19-15-6-4-3-5-13(15)9-10-16(18)19/h9-10,12,14H,2-8,11H2,1H3,(H,20,21). The lowest BCUT2D eigenvalue weighted by Crippen LogP contribution is -2.07. The predicted molar refractivity (Wildman–Crippen MR) is 89.1 cm³/mol. The van der Waals surface area contributed by atoms with Crippen molar-refractivity contribution in [3.8, 4) is 0 Å². The van der Waals surface area contributed by atoms with Crippen molar-refractivity contribution in [1.29, 1.82) is 0 Å². The van der Waals surface area contributed by atoms with E-state index in [-0.39, 0.29) is 0 Å². The minimum atomic E-state index is 0.719. The second-order valence-electron chi connectivity index (χ2n) is 6.60. The number of hydrogen-bond acceptors (Lipinski definition) is 2. The van der Waals surface area contributed by atoms with Gasteiger partial charge in [-0.1, -0.05) is 19.1 Å². The monoisotopic (exact) mass is 280 g/mol. The van der Waals surface area contributed by atoms with Crippen molar-refractivity contribution in [1.82, 2.24) is 4.98 Å². The van der Waals surface area contributed by atoms with Gasteiger partial charge in [-0.2, -0.15) is 0 Å². The van der Waals surface area contributed by atoms with Gasteiger partial charge in [-0.3, -0.25) is 4.98 Å². The van der Waals surface area contributed by atoms with E-state index >= 15 is 0 Å². The zero-order valence-corrected chi connectivity index (χ0v) is 12.9. The summed E-state index contributed by atoms with van der Waals surface area (Å²) in [7, 11) is 0. The Kier molecular flexibility index (Phi) is 3.33. The number of nitrogens with zero attached hydrogens (tertiary/aromatic N) is 1. The highest BCUT2D eigenvalue weighted by molar-refractivity contribution is 5.94. The Morgan fingerprint density at radius 3 is 2.86 bits per heavy atom. The molecule has 0 radical (unpaired) electrons. The molecular weight excluding hydrogens is 256 g/mol. The van der Waals surface area contributed by atoms with Crippen LogP contribution in [0.2, 0.25) is 0 Å². The molecule has 0 amide bonds. The van der Waals surface area contributed by atoms with Crippen molar-refractivity contribution in [2.24, 2.45) is 0 Å². The van der Waals surface area contributed by atoms with Gasteiger partial charge in [0.1, 0.15) is 0 Å². The Labute approximate surface area is 127 Å². The summed E-state index contributed by atoms with van der Waals surface area (Å²) in [6.45, 7) is 3.26. The maximum atomic E-state index is 5.08. The third-order valence-electron chi connectivity index (χ3n) is 4.89. The number of nitrogens with one attached hydrogen (secondary N) is 1. The number of fused-ring (bicyclic) bond motifs is 3. The van der Waals surface area contributed by atoms with Crippen LogP contribution in [0.3, 0.4) is 0 Å². The van der Waals surface area contributed by atoms with Gasteiger partial charge in [0.2, 0.25) is 0 Å². The molecule has 2 heteroatoms. The molecule has 0 bridgehead atoms. The van der Waals surface area contributed by atoms with Gasteiger partial charge < -0.3 is 5.32 Å². The summed E-state index contributed by atoms with van der Waals surface area (Å²) >= 11 is 0. The van der Waals surface area contributed by atoms with Gasteiger partial charge in [0.05, 0.1) is 5.52 Å². The first-order chi connectivity index (χ1) is 10.4. The SMILES string of the molecule is CCCNc1cc(C2CC2)nc2c3c(ccc12)CCCC3. The third kappa shape index (κ3) is 2.41. The molecule has 4 rings (SSSR count). The summed E-state index contributed by atoms with van der Waals surface area (Å²) in [4.78, 5) is 5.08. The average molecular weight is 280 g/mol. The minimum absolute atomic E-state index is 0.719. The molecule has 1 saturated carbocycles. The Balaban J connectivity index is 1.89. The van der Waals surface area contributed by atoms with Crippen molar-refractivity contribution in [3.05, 3.63) is 35.0 Å². The van der Waals surface area contributed by atoms with Crippen molar-refractivity contribution in [2.75, 3.05) is 11.9 Å². The maximum Gasteiger partial charge on any atom is 0.0760 e. The summed E-state index contributed by atoms with van der Waals surface area (Å²) in [5, 5.41) is 4.95. The quantitative estimate of drug-likeness (QED) is 0.869. The first-order valence-corrected chi connectivity index (χ1v) is 8.56. The van der Waals surface area contributed by atoms with Gasteiger partial charge in [-0.15, -0.1) is 0 Å². The molecule has 1 aromatic heterocycles. The van der Waals surface area contributed by atoms with Gasteiger partial charge in [0.25, 0.3) is 0 Å². The fourth-order valence-corrected chi connectivity index (χ4v) is 3.53. The van der Waals surface area contributed by atoms with Crippen molar-refractivity contribution < 1.29 is 0 Å². The van der Waals surface area contributed by atoms with Crippen LogP contribution in [0.1, 0.15) is 61.8 Å². The van der Waals surface area contributed by atoms with Crippen LogP contribution in [0.4, 0.5) is 5.69 Å². The van der Waals surface area contributed by atoms with Gasteiger partial charge in [-0.25, -0.2) is 0 Å². The minimum Gasteiger partial charge on any atom is -0.384 e. The molecule has 2 aliphatic rings. The lowest BCUT2D eigenvalue weighted by Gasteiger charge is -2.20. The molecule has 1 fully saturated rings. The van der Waals surface area contributed by atoms with E-state index in [1.165, 1.54) is 71.9 Å². The Hall–Kier alpha value is -1.57. The molecule has 2 nitrogen and oxygen atoms in total. The fourth-order valence-electron chi connectivity index (χ4n) is 3.53. The number of pyridine rings is 1. The van der Waals surface area contributed by atoms with Crippen molar-refractivity contribution in [2.45, 2.75) is 57.8 Å². The summed E-state index contributed by atoms with van der Waals surface area (Å²) in [6.07, 6.45) is 8.90. The second-order valence-corrected chi connectivity index (χ2v) is 6.60. The van der Waals surface area contributed by atoms with Gasteiger partial charge in [-0.05, 0) is 62.1 Å². The molecule has 1 heterocycles. The smallest absolute Gasteiger partial charge is 0.0760 e. The van der Waals surface area contributed by atoms with Crippen LogP contribution in [-0.4, -0.2) is 11.5 Å². The molecule has 0 atom stereocenters. The molecule has 110 valence electrons. The van der Waals surface area contributed by atoms with E-state index < -0.39 is 0 Å². The molecule has 21 heavy (non-hydrogen) atoms. The normalized spacial score (nSPS) is 17.8. The molecule has 1 aromatic carbocycles. The van der Waals surface area contributed by atoms with E-state index in [0.29, 0.717) is 0 Å². The lowest BCUT2D eigenvalue weighted by molar-refractivity contribution is 0.688. The second kappa shape index (κ2) is 5.32. The van der Waals surface area contributed by atoms with Gasteiger partial charge in [0, 0.05) is 29.2 Å². The molecular formula is C19H24N2. The van der Waals surface area contributed by atoms with Crippen molar-refractivity contribution in [3.63, 3.8) is 0 Å². The molecule has 2 aliphatic carbocycles. The number of anilines is 1. The van der Waals surface area contributed by atoms with E-state index in [4.69, 9.17) is 4.98 Å². The number of benzene rings is 1. The van der Waals surface area contributed by atoms with Crippen LogP contribution in [0, 0.1) is 0 Å². The van der Waals surface area contributed by atoms with Crippen LogP contribution < -0.4 is 5.32 Å². The topological polar surface area (TPSA) is 24.9 Å². The van der Waals surface area contributed by atoms with Gasteiger partial charge >= 0.3 is 0 Å². The highest BCUT2D eigenvalue weighted by Gasteiger charge is 2.26. The summed E-state index contributed by atoms with van der Waals surface area (Å²) < 4.78 is 0. The molecule has 0 saturated heterocycles. The highest BCUT2D eigenvalue weighted by Crippen LogP contribution is 2.42. The predicted octanol–water partition coefficient (Wildman–Crippen LogP) is 4.81. The van der Waals surface area contributed by atoms with Crippen molar-refractivity contribution >= 4 is 16.6 Å². The molecule has 2 aromatic rings. The molecule has 0 aliphatic heterocycles. The van der Waals surface area contributed by atoms with E-state index in [1.807, 2.05) is 0 Å². The van der Waals surface area contributed by atoms with Crippen LogP contribution >= 0.6 is 0 Å². The molecule has 0 unspecified atom stereocenters. The van der Waals surface area contributed by atoms with E-state index in [2.05, 4.69) is 30.4 Å². The lowest BCUT2D eigenvalue weighted by atomic mass is 9.89. The van der Waals surface area contributed by atoms with Crippen LogP contribution in [0.25, 0.3) is 10.9 Å². The number of aryl methyl sites for hydroxylation is 2. The molecule has 0 spiro atoms. The van der Waals surface area contributed by atoms with E-state index in [1.54, 1.807) is 0 Å². The average Bonchev–Trinajstić information content (AvgIpc) is 3.37. The summed E-state index contributed by atoms with van der Waals surface area (Å²) in [5.41, 5.74) is 6.98. The Bertz CT molecular complexity index is 671. The van der Waals surface area contributed by atoms with E-state index in [0.717, 1.165) is 18.9 Å². The summed E-state index contributed by atoms with van der Waals surface area (Å²) in [6, 6.07) is 6.94. The third-order valence-corrected chi connectivity index (χ3v) is 4.89. The zero-order chi connectivity index (χ0) is 14.2. The number of rotatable bonds is 4. The van der Waals surface area contributed by atoms with Crippen LogP contribution in [-0.2, 0) is 12.8 Å². The summed E-state index contributed by atoms with van der Waals surface area (Å²) in [5.74, 6) is 0.719.